The first-order chi connectivity index (χ1) is 6.00. The van der Waals surface area contributed by atoms with Gasteiger partial charge in [0.05, 0.1) is 11.6 Å². The Labute approximate surface area is 91.4 Å². The molecule has 2 bridgehead atoms. The van der Waals surface area contributed by atoms with E-state index in [-0.39, 0.29) is 15.7 Å². The Morgan fingerprint density at radius 3 is 2.69 bits per heavy atom. The zero-order valence-corrected chi connectivity index (χ0v) is 9.74. The quantitative estimate of drug-likeness (QED) is 0.557. The predicted octanol–water partition coefficient (Wildman–Crippen LogP) is 0.839. The number of piperidine rings is 2. The van der Waals surface area contributed by atoms with E-state index in [1.54, 1.807) is 0 Å². The Morgan fingerprint density at radius 2 is 2.31 bits per heavy atom. The maximum Gasteiger partial charge on any atom is 0.209 e. The summed E-state index contributed by atoms with van der Waals surface area (Å²) in [4.78, 5) is 11.3. The molecule has 3 fully saturated rings. The van der Waals surface area contributed by atoms with Crippen LogP contribution in [0.1, 0.15) is 26.2 Å². The van der Waals surface area contributed by atoms with Crippen LogP contribution in [0.15, 0.2) is 0 Å². The van der Waals surface area contributed by atoms with E-state index in [4.69, 9.17) is 0 Å². The first kappa shape index (κ1) is 9.86. The van der Waals surface area contributed by atoms with Crippen LogP contribution in [-0.2, 0) is 4.79 Å². The van der Waals surface area contributed by atoms with Gasteiger partial charge in [-0.05, 0) is 26.2 Å². The molecular weight excluding hydrogens is 281 g/mol. The Balaban J connectivity index is 2.22. The second-order valence-corrected chi connectivity index (χ2v) is 5.45. The topological polar surface area (TPSA) is 49.3 Å². The normalized spacial score (nSPS) is 49.3. The van der Waals surface area contributed by atoms with Crippen LogP contribution < -0.4 is 5.32 Å². The van der Waals surface area contributed by atoms with Crippen LogP contribution in [0.25, 0.3) is 0 Å². The molecule has 3 nitrogen and oxygen atoms in total. The van der Waals surface area contributed by atoms with Crippen molar-refractivity contribution in [1.82, 2.24) is 5.32 Å². The van der Waals surface area contributed by atoms with Crippen molar-refractivity contribution in [3.8, 4) is 0 Å². The first-order valence-corrected chi connectivity index (χ1v) is 5.76. The molecule has 2 aliphatic heterocycles. The number of hydrogen-bond donors (Lipinski definition) is 2. The monoisotopic (exact) mass is 295 g/mol. The molecule has 4 heteroatoms. The summed E-state index contributed by atoms with van der Waals surface area (Å²) in [5.41, 5.74) is -0.639. The van der Waals surface area contributed by atoms with Crippen LogP contribution in [0.5, 0.6) is 0 Å². The van der Waals surface area contributed by atoms with E-state index in [0.29, 0.717) is 6.04 Å². The van der Waals surface area contributed by atoms with Crippen molar-refractivity contribution in [2.24, 2.45) is 5.92 Å². The molecule has 1 aliphatic carbocycles. The van der Waals surface area contributed by atoms with Crippen LogP contribution in [0, 0.1) is 5.92 Å². The molecule has 0 spiro atoms. The minimum absolute atomic E-state index is 0.113. The molecule has 0 aromatic carbocycles. The van der Waals surface area contributed by atoms with E-state index < -0.39 is 5.60 Å². The lowest BCUT2D eigenvalue weighted by atomic mass is 9.67. The number of rotatable bonds is 1. The number of aliphatic hydroxyl groups is 1. The molecule has 0 aromatic rings. The summed E-state index contributed by atoms with van der Waals surface area (Å²) >= 11 is 1.83. The Bertz CT molecular complexity index is 242. The molecular formula is C9H14INO2. The van der Waals surface area contributed by atoms with Gasteiger partial charge < -0.3 is 10.4 Å². The Kier molecular flexibility index (Phi) is 2.40. The van der Waals surface area contributed by atoms with Crippen molar-refractivity contribution in [1.29, 1.82) is 0 Å². The number of halogens is 1. The highest BCUT2D eigenvalue weighted by Gasteiger charge is 2.49. The van der Waals surface area contributed by atoms with Gasteiger partial charge in [0.2, 0.25) is 3.79 Å². The van der Waals surface area contributed by atoms with Gasteiger partial charge in [0.15, 0.2) is 0 Å². The smallest absolute Gasteiger partial charge is 0.209 e. The molecule has 3 rings (SSSR count). The molecule has 0 amide bonds. The second-order valence-electron chi connectivity index (χ2n) is 4.39. The number of carbonyl (C=O) groups is 1. The zero-order valence-electron chi connectivity index (χ0n) is 7.59. The van der Waals surface area contributed by atoms with E-state index in [1.165, 1.54) is 0 Å². The highest BCUT2D eigenvalue weighted by Crippen LogP contribution is 2.41. The Morgan fingerprint density at radius 1 is 1.62 bits per heavy atom. The number of fused-ring (bicyclic) bond motifs is 3. The molecule has 0 radical (unpaired) electrons. The van der Waals surface area contributed by atoms with Gasteiger partial charge >= 0.3 is 0 Å². The average molecular weight is 295 g/mol. The predicted molar refractivity (Wildman–Crippen MR) is 57.7 cm³/mol. The Hall–Kier alpha value is 0.320. The minimum atomic E-state index is -0.639. The first-order valence-electron chi connectivity index (χ1n) is 4.68. The summed E-state index contributed by atoms with van der Waals surface area (Å²) in [5, 5.41) is 13.4. The highest BCUT2D eigenvalue weighted by atomic mass is 127. The van der Waals surface area contributed by atoms with Crippen LogP contribution in [0.2, 0.25) is 0 Å². The van der Waals surface area contributed by atoms with Crippen molar-refractivity contribution in [3.63, 3.8) is 0 Å². The fourth-order valence-electron chi connectivity index (χ4n) is 2.71. The van der Waals surface area contributed by atoms with E-state index in [0.717, 1.165) is 19.3 Å². The lowest BCUT2D eigenvalue weighted by Gasteiger charge is -2.50. The summed E-state index contributed by atoms with van der Waals surface area (Å²) in [6, 6.07) is 0.215. The van der Waals surface area contributed by atoms with Crippen LogP contribution in [-0.4, -0.2) is 26.6 Å². The molecule has 74 valence electrons. The fraction of sp³-hybridized carbons (Fsp3) is 0.889. The largest absolute Gasteiger partial charge is 0.390 e. The number of nitrogens with one attached hydrogen (secondary N) is 1. The van der Waals surface area contributed by atoms with Gasteiger partial charge in [0.25, 0.3) is 0 Å². The minimum Gasteiger partial charge on any atom is -0.390 e. The molecule has 0 aromatic heterocycles. The SMILES string of the molecule is C[C@@]1(O)C[C@@H]2CC[C@H]1[C@@H](C(=O)I)N2. The molecule has 4 atom stereocenters. The third-order valence-electron chi connectivity index (χ3n) is 3.35. The lowest BCUT2D eigenvalue weighted by molar-refractivity contribution is -0.126. The summed E-state index contributed by atoms with van der Waals surface area (Å²) < 4.78 is 0.132. The van der Waals surface area contributed by atoms with Gasteiger partial charge in [0, 0.05) is 34.6 Å². The maximum absolute atomic E-state index is 11.3. The third kappa shape index (κ3) is 1.64. The van der Waals surface area contributed by atoms with E-state index in [1.807, 2.05) is 29.5 Å². The molecule has 2 saturated heterocycles. The summed E-state index contributed by atoms with van der Waals surface area (Å²) in [6.45, 7) is 1.86. The zero-order chi connectivity index (χ0) is 9.64. The lowest BCUT2D eigenvalue weighted by Crippen LogP contribution is -2.64. The van der Waals surface area contributed by atoms with Crippen molar-refractivity contribution in [3.05, 3.63) is 0 Å². The van der Waals surface area contributed by atoms with Crippen molar-refractivity contribution in [2.75, 3.05) is 0 Å². The number of carbonyl (C=O) groups excluding carboxylic acids is 1. The molecule has 0 unspecified atom stereocenters. The average Bonchev–Trinajstić information content (AvgIpc) is 2.02. The van der Waals surface area contributed by atoms with Gasteiger partial charge in [-0.2, -0.15) is 0 Å². The van der Waals surface area contributed by atoms with Gasteiger partial charge in [-0.1, -0.05) is 0 Å². The standard InChI is InChI=1S/C9H14INO2/c1-9(13)4-5-2-3-6(9)7(11-5)8(10)12/h5-7,11,13H,2-4H2,1H3/t5-,6-,7-,9+/m0/s1. The van der Waals surface area contributed by atoms with Crippen molar-refractivity contribution in [2.45, 2.75) is 43.9 Å². The molecule has 13 heavy (non-hydrogen) atoms. The van der Waals surface area contributed by atoms with Crippen molar-refractivity contribution >= 4 is 26.4 Å². The van der Waals surface area contributed by atoms with E-state index in [9.17, 15) is 9.90 Å². The highest BCUT2D eigenvalue weighted by molar-refractivity contribution is 14.1. The van der Waals surface area contributed by atoms with Gasteiger partial charge in [-0.25, -0.2) is 0 Å². The van der Waals surface area contributed by atoms with Gasteiger partial charge in [0.1, 0.15) is 0 Å². The van der Waals surface area contributed by atoms with Gasteiger partial charge in [-0.15, -0.1) is 0 Å². The molecule has 2 N–H and O–H groups in total. The fourth-order valence-corrected chi connectivity index (χ4v) is 3.32. The van der Waals surface area contributed by atoms with Gasteiger partial charge in [-0.3, -0.25) is 4.79 Å². The molecule has 3 aliphatic rings. The van der Waals surface area contributed by atoms with Crippen LogP contribution >= 0.6 is 22.6 Å². The van der Waals surface area contributed by atoms with Crippen LogP contribution in [0.4, 0.5) is 0 Å². The van der Waals surface area contributed by atoms with Crippen LogP contribution in [0.3, 0.4) is 0 Å². The summed E-state index contributed by atoms with van der Waals surface area (Å²) in [6.07, 6.45) is 2.86. The summed E-state index contributed by atoms with van der Waals surface area (Å²) in [7, 11) is 0. The van der Waals surface area contributed by atoms with E-state index in [2.05, 4.69) is 5.32 Å². The number of hydrogen-bond acceptors (Lipinski definition) is 3. The summed E-state index contributed by atoms with van der Waals surface area (Å²) in [5.74, 6) is 0.113. The molecule has 2 heterocycles. The maximum atomic E-state index is 11.3. The van der Waals surface area contributed by atoms with Crippen molar-refractivity contribution < 1.29 is 9.90 Å². The second kappa shape index (κ2) is 3.17. The molecule has 1 saturated carbocycles. The third-order valence-corrected chi connectivity index (χ3v) is 4.02. The van der Waals surface area contributed by atoms with E-state index >= 15 is 0 Å².